The minimum atomic E-state index is -0.850. The molecular formula is C32H30N4O7S. The van der Waals surface area contributed by atoms with Gasteiger partial charge in [-0.3, -0.25) is 19.0 Å². The monoisotopic (exact) mass is 614 g/mol. The van der Waals surface area contributed by atoms with Crippen LogP contribution in [-0.4, -0.2) is 44.3 Å². The number of primary amides is 1. The number of hydrogen-bond acceptors (Lipinski definition) is 9. The van der Waals surface area contributed by atoms with Crippen molar-refractivity contribution in [2.24, 2.45) is 10.7 Å². The minimum absolute atomic E-state index is 0.300. The third kappa shape index (κ3) is 6.06. The van der Waals surface area contributed by atoms with Crippen LogP contribution in [0.4, 0.5) is 5.69 Å². The molecule has 4 aromatic rings. The first-order valence-electron chi connectivity index (χ1n) is 13.4. The first kappa shape index (κ1) is 30.1. The number of aromatic nitrogens is 1. The van der Waals surface area contributed by atoms with Crippen molar-refractivity contribution in [3.05, 3.63) is 109 Å². The number of ether oxygens (including phenoxy) is 4. The highest BCUT2D eigenvalue weighted by molar-refractivity contribution is 7.07. The van der Waals surface area contributed by atoms with E-state index in [9.17, 15) is 14.4 Å². The molecule has 1 aliphatic heterocycles. The van der Waals surface area contributed by atoms with Crippen molar-refractivity contribution in [3.63, 3.8) is 0 Å². The normalized spacial score (nSPS) is 14.4. The van der Waals surface area contributed by atoms with Gasteiger partial charge in [-0.2, -0.15) is 0 Å². The first-order chi connectivity index (χ1) is 21.2. The van der Waals surface area contributed by atoms with Gasteiger partial charge in [0.1, 0.15) is 17.5 Å². The summed E-state index contributed by atoms with van der Waals surface area (Å²) in [7, 11) is 4.54. The van der Waals surface area contributed by atoms with E-state index in [4.69, 9.17) is 29.7 Å². The van der Waals surface area contributed by atoms with Gasteiger partial charge in [0.25, 0.3) is 17.4 Å². The zero-order valence-electron chi connectivity index (χ0n) is 24.5. The summed E-state index contributed by atoms with van der Waals surface area (Å²) >= 11 is 1.19. The third-order valence-electron chi connectivity index (χ3n) is 6.89. The van der Waals surface area contributed by atoms with Gasteiger partial charge in [0.15, 0.2) is 22.9 Å². The number of nitrogens with two attached hydrogens (primary N) is 1. The van der Waals surface area contributed by atoms with E-state index in [1.165, 1.54) is 30.1 Å². The van der Waals surface area contributed by atoms with Gasteiger partial charge in [0, 0.05) is 17.3 Å². The van der Waals surface area contributed by atoms with Crippen molar-refractivity contribution < 1.29 is 28.5 Å². The Hall–Kier alpha value is -5.36. The quantitative estimate of drug-likeness (QED) is 0.280. The Labute approximate surface area is 256 Å². The molecule has 0 bridgehead atoms. The van der Waals surface area contributed by atoms with E-state index in [0.717, 1.165) is 0 Å². The molecule has 0 radical (unpaired) electrons. The van der Waals surface area contributed by atoms with Gasteiger partial charge in [0.2, 0.25) is 0 Å². The Morgan fingerprint density at radius 3 is 2.41 bits per heavy atom. The summed E-state index contributed by atoms with van der Waals surface area (Å²) in [5.41, 5.74) is 7.45. The summed E-state index contributed by atoms with van der Waals surface area (Å²) in [5.74, 6) is 0.690. The Morgan fingerprint density at radius 1 is 0.977 bits per heavy atom. The molecule has 1 aromatic heterocycles. The molecule has 0 saturated heterocycles. The number of nitrogens with one attached hydrogen (secondary N) is 1. The van der Waals surface area contributed by atoms with Crippen LogP contribution in [-0.2, 0) is 9.59 Å². The minimum Gasteiger partial charge on any atom is -0.497 e. The fourth-order valence-corrected chi connectivity index (χ4v) is 5.91. The molecule has 0 spiro atoms. The number of allylic oxidation sites excluding steroid dienone is 1. The van der Waals surface area contributed by atoms with Gasteiger partial charge in [-0.1, -0.05) is 35.6 Å². The fourth-order valence-electron chi connectivity index (χ4n) is 4.86. The van der Waals surface area contributed by atoms with Crippen LogP contribution in [0, 0.1) is 0 Å². The molecule has 3 aromatic carbocycles. The van der Waals surface area contributed by atoms with Crippen molar-refractivity contribution in [1.82, 2.24) is 4.57 Å². The molecule has 2 amide bonds. The maximum absolute atomic E-state index is 14.1. The number of anilines is 1. The molecule has 5 rings (SSSR count). The summed E-state index contributed by atoms with van der Waals surface area (Å²) in [4.78, 5) is 44.2. The number of para-hydroxylation sites is 1. The molecule has 44 heavy (non-hydrogen) atoms. The van der Waals surface area contributed by atoms with E-state index in [1.54, 1.807) is 68.6 Å². The van der Waals surface area contributed by atoms with Crippen molar-refractivity contribution >= 4 is 34.9 Å². The number of carbonyl (C=O) groups is 2. The molecule has 0 saturated carbocycles. The maximum Gasteiger partial charge on any atom is 0.271 e. The summed E-state index contributed by atoms with van der Waals surface area (Å²) in [6, 6.07) is 18.5. The number of benzene rings is 3. The lowest BCUT2D eigenvalue weighted by Gasteiger charge is -2.26. The number of fused-ring (bicyclic) bond motifs is 1. The molecule has 11 nitrogen and oxygen atoms in total. The van der Waals surface area contributed by atoms with Gasteiger partial charge in [0.05, 0.1) is 37.1 Å². The highest BCUT2D eigenvalue weighted by Crippen LogP contribution is 2.37. The lowest BCUT2D eigenvalue weighted by molar-refractivity contribution is -0.120. The summed E-state index contributed by atoms with van der Waals surface area (Å²) in [6.45, 7) is 1.44. The maximum atomic E-state index is 14.1. The topological polar surface area (TPSA) is 143 Å². The van der Waals surface area contributed by atoms with Crippen LogP contribution in [0.3, 0.4) is 0 Å². The van der Waals surface area contributed by atoms with Crippen molar-refractivity contribution in [2.75, 3.05) is 33.3 Å². The molecule has 2 heterocycles. The summed E-state index contributed by atoms with van der Waals surface area (Å²) < 4.78 is 23.8. The van der Waals surface area contributed by atoms with E-state index in [0.29, 0.717) is 60.4 Å². The van der Waals surface area contributed by atoms with Gasteiger partial charge < -0.3 is 30.0 Å². The first-order valence-corrected chi connectivity index (χ1v) is 14.3. The number of thiazole rings is 1. The van der Waals surface area contributed by atoms with Crippen molar-refractivity contribution in [1.29, 1.82) is 0 Å². The standard InChI is InChI=1S/C32H30N4O7S/c1-18-28(30(38)35-20-8-6-5-7-9-20)29(22-12-11-21(40-2)16-24(22)41-3)36-31(39)26(44-32(36)34-18)15-19-10-13-23(25(14-19)42-4)43-17-27(33)37/h5-16,29H,17H2,1-4H3,(H2,33,37)(H,35,38)/b26-15-/t29-/m1/s1. The van der Waals surface area contributed by atoms with Crippen LogP contribution in [0.25, 0.3) is 6.08 Å². The number of hydrogen-bond donors (Lipinski definition) is 2. The Bertz CT molecular complexity index is 1950. The predicted octanol–water partition coefficient (Wildman–Crippen LogP) is 2.76. The highest BCUT2D eigenvalue weighted by atomic mass is 32.1. The molecule has 1 atom stereocenters. The molecule has 3 N–H and O–H groups in total. The van der Waals surface area contributed by atoms with Gasteiger partial charge in [-0.15, -0.1) is 0 Å². The van der Waals surface area contributed by atoms with Crippen LogP contribution in [0.2, 0.25) is 0 Å². The molecule has 1 aliphatic rings. The fraction of sp³-hybridized carbons (Fsp3) is 0.188. The van der Waals surface area contributed by atoms with Crippen LogP contribution in [0.1, 0.15) is 24.1 Å². The van der Waals surface area contributed by atoms with E-state index < -0.39 is 17.9 Å². The van der Waals surface area contributed by atoms with Crippen molar-refractivity contribution in [2.45, 2.75) is 13.0 Å². The summed E-state index contributed by atoms with van der Waals surface area (Å²) in [5, 5.41) is 2.94. The third-order valence-corrected chi connectivity index (χ3v) is 7.87. The number of nitrogens with zero attached hydrogens (tertiary/aromatic N) is 2. The average molecular weight is 615 g/mol. The second kappa shape index (κ2) is 12.9. The molecule has 12 heteroatoms. The van der Waals surface area contributed by atoms with Gasteiger partial charge in [-0.25, -0.2) is 4.99 Å². The highest BCUT2D eigenvalue weighted by Gasteiger charge is 2.34. The SMILES string of the molecule is COc1ccc([C@@H]2C(C(=O)Nc3ccccc3)=C(C)N=c3s/c(=C\c4ccc(OCC(N)=O)c(OC)c4)c(=O)n32)c(OC)c1. The van der Waals surface area contributed by atoms with Crippen LogP contribution >= 0.6 is 11.3 Å². The number of methoxy groups -OCH3 is 3. The smallest absolute Gasteiger partial charge is 0.271 e. The van der Waals surface area contributed by atoms with Gasteiger partial charge >= 0.3 is 0 Å². The van der Waals surface area contributed by atoms with Crippen LogP contribution < -0.4 is 44.9 Å². The van der Waals surface area contributed by atoms with Crippen molar-refractivity contribution in [3.8, 4) is 23.0 Å². The number of rotatable bonds is 10. The van der Waals surface area contributed by atoms with Crippen LogP contribution in [0.15, 0.2) is 87.8 Å². The summed E-state index contributed by atoms with van der Waals surface area (Å²) in [6.07, 6.45) is 1.70. The molecule has 226 valence electrons. The largest absolute Gasteiger partial charge is 0.497 e. The predicted molar refractivity (Wildman–Crippen MR) is 166 cm³/mol. The second-order valence-electron chi connectivity index (χ2n) is 9.68. The zero-order valence-corrected chi connectivity index (χ0v) is 25.3. The van der Waals surface area contributed by atoms with E-state index in [-0.39, 0.29) is 12.2 Å². The van der Waals surface area contributed by atoms with Crippen LogP contribution in [0.5, 0.6) is 23.0 Å². The molecular weight excluding hydrogens is 584 g/mol. The second-order valence-corrected chi connectivity index (χ2v) is 10.7. The molecule has 0 unspecified atom stereocenters. The Kier molecular flexibility index (Phi) is 8.81. The van der Waals surface area contributed by atoms with E-state index in [1.807, 2.05) is 18.2 Å². The van der Waals surface area contributed by atoms with E-state index >= 15 is 0 Å². The lowest BCUT2D eigenvalue weighted by atomic mass is 9.94. The number of amides is 2. The Balaban J connectivity index is 1.66. The zero-order chi connectivity index (χ0) is 31.4. The lowest BCUT2D eigenvalue weighted by Crippen LogP contribution is -2.40. The Morgan fingerprint density at radius 2 is 1.73 bits per heavy atom. The van der Waals surface area contributed by atoms with E-state index in [2.05, 4.69) is 5.32 Å². The average Bonchev–Trinajstić information content (AvgIpc) is 3.33. The number of carbonyl (C=O) groups excluding carboxylic acids is 2. The van der Waals surface area contributed by atoms with Gasteiger partial charge in [-0.05, 0) is 55.0 Å². The molecule has 0 fully saturated rings. The molecule has 0 aliphatic carbocycles.